The fourth-order valence-corrected chi connectivity index (χ4v) is 2.17. The summed E-state index contributed by atoms with van der Waals surface area (Å²) in [4.78, 5) is 18.0. The van der Waals surface area contributed by atoms with Crippen molar-refractivity contribution in [2.75, 3.05) is 31.7 Å². The van der Waals surface area contributed by atoms with Gasteiger partial charge < -0.3 is 14.4 Å². The maximum Gasteiger partial charge on any atom is 0.336 e. The van der Waals surface area contributed by atoms with Crippen LogP contribution < -0.4 is 4.90 Å². The third-order valence-corrected chi connectivity index (χ3v) is 3.31. The van der Waals surface area contributed by atoms with Gasteiger partial charge in [-0.25, -0.2) is 9.78 Å². The molecular formula is C13H20N4O3. The number of carbonyl (C=O) groups excluding carboxylic acids is 1. The van der Waals surface area contributed by atoms with E-state index in [-0.39, 0.29) is 5.97 Å². The molecule has 0 bridgehead atoms. The number of nitrogens with zero attached hydrogens (tertiary/aromatic N) is 4. The van der Waals surface area contributed by atoms with Gasteiger partial charge in [-0.15, -0.1) is 5.10 Å². The summed E-state index contributed by atoms with van der Waals surface area (Å²) in [5.74, 6) is 0.180. The number of hydrogen-bond donors (Lipinski definition) is 0. The molecule has 1 aromatic heterocycles. The molecule has 1 aliphatic heterocycles. The van der Waals surface area contributed by atoms with Gasteiger partial charge in [0.15, 0.2) is 6.10 Å². The zero-order valence-electron chi connectivity index (χ0n) is 12.1. The minimum atomic E-state index is -0.590. The number of aromatic nitrogens is 3. The molecule has 0 saturated carbocycles. The molecule has 7 heteroatoms. The zero-order chi connectivity index (χ0) is 14.5. The lowest BCUT2D eigenvalue weighted by Gasteiger charge is -2.31. The van der Waals surface area contributed by atoms with Crippen LogP contribution in [0.4, 0.5) is 5.95 Å². The Kier molecular flexibility index (Phi) is 4.84. The molecule has 1 fully saturated rings. The molecule has 0 aromatic carbocycles. The summed E-state index contributed by atoms with van der Waals surface area (Å²) >= 11 is 0. The largest absolute Gasteiger partial charge is 0.467 e. The first-order chi connectivity index (χ1) is 9.69. The van der Waals surface area contributed by atoms with Crippen molar-refractivity contribution < 1.29 is 14.3 Å². The van der Waals surface area contributed by atoms with Crippen LogP contribution in [0.15, 0.2) is 0 Å². The van der Waals surface area contributed by atoms with Gasteiger partial charge in [0.25, 0.3) is 0 Å². The predicted molar refractivity (Wildman–Crippen MR) is 72.6 cm³/mol. The van der Waals surface area contributed by atoms with Crippen LogP contribution in [-0.2, 0) is 27.1 Å². The first-order valence-electron chi connectivity index (χ1n) is 6.86. The van der Waals surface area contributed by atoms with Gasteiger partial charge in [0, 0.05) is 6.54 Å². The van der Waals surface area contributed by atoms with Crippen LogP contribution in [0, 0.1) is 0 Å². The normalized spacial score (nSPS) is 18.9. The summed E-state index contributed by atoms with van der Waals surface area (Å²) in [6.07, 6.45) is 1.04. The Morgan fingerprint density at radius 1 is 1.35 bits per heavy atom. The molecule has 1 aromatic rings. The average molecular weight is 280 g/mol. The van der Waals surface area contributed by atoms with E-state index in [4.69, 9.17) is 9.47 Å². The molecule has 1 unspecified atom stereocenters. The molecule has 2 heterocycles. The lowest BCUT2D eigenvalue weighted by Crippen LogP contribution is -2.47. The number of rotatable bonds is 4. The van der Waals surface area contributed by atoms with E-state index in [1.807, 2.05) is 18.7 Å². The molecular weight excluding hydrogens is 260 g/mol. The second-order valence-corrected chi connectivity index (χ2v) is 4.54. The molecule has 20 heavy (non-hydrogen) atoms. The van der Waals surface area contributed by atoms with Crippen molar-refractivity contribution in [3.05, 3.63) is 11.4 Å². The molecule has 0 N–H and O–H groups in total. The Balaban J connectivity index is 2.16. The highest BCUT2D eigenvalue weighted by molar-refractivity contribution is 5.75. The van der Waals surface area contributed by atoms with Crippen molar-refractivity contribution in [1.82, 2.24) is 15.2 Å². The lowest BCUT2D eigenvalue weighted by molar-refractivity contribution is -0.154. The average Bonchev–Trinajstić information content (AvgIpc) is 2.53. The number of aryl methyl sites for hydroxylation is 2. The van der Waals surface area contributed by atoms with Crippen LogP contribution in [0.3, 0.4) is 0 Å². The van der Waals surface area contributed by atoms with E-state index in [0.29, 0.717) is 25.6 Å². The van der Waals surface area contributed by atoms with Gasteiger partial charge in [-0.2, -0.15) is 5.10 Å². The van der Waals surface area contributed by atoms with Crippen molar-refractivity contribution in [1.29, 1.82) is 0 Å². The Morgan fingerprint density at radius 3 is 2.75 bits per heavy atom. The van der Waals surface area contributed by atoms with Crippen LogP contribution in [0.2, 0.25) is 0 Å². The van der Waals surface area contributed by atoms with E-state index in [0.717, 1.165) is 24.2 Å². The minimum Gasteiger partial charge on any atom is -0.467 e. The number of carbonyl (C=O) groups is 1. The molecule has 110 valence electrons. The van der Waals surface area contributed by atoms with Gasteiger partial charge in [0.1, 0.15) is 0 Å². The molecule has 7 nitrogen and oxygen atoms in total. The molecule has 2 rings (SSSR count). The number of hydrogen-bond acceptors (Lipinski definition) is 7. The Morgan fingerprint density at radius 2 is 2.10 bits per heavy atom. The van der Waals surface area contributed by atoms with Gasteiger partial charge in [-0.3, -0.25) is 0 Å². The number of ether oxygens (including phenoxy) is 2. The van der Waals surface area contributed by atoms with Crippen LogP contribution in [0.1, 0.15) is 25.2 Å². The third kappa shape index (κ3) is 3.04. The minimum absolute atomic E-state index is 0.372. The van der Waals surface area contributed by atoms with E-state index in [1.54, 1.807) is 0 Å². The second kappa shape index (κ2) is 6.60. The molecule has 0 aliphatic carbocycles. The van der Waals surface area contributed by atoms with E-state index >= 15 is 0 Å². The molecule has 1 aliphatic rings. The van der Waals surface area contributed by atoms with Crippen molar-refractivity contribution in [2.24, 2.45) is 0 Å². The Bertz CT molecular complexity index is 481. The van der Waals surface area contributed by atoms with E-state index < -0.39 is 6.10 Å². The van der Waals surface area contributed by atoms with Crippen LogP contribution in [-0.4, -0.2) is 54.1 Å². The Hall–Kier alpha value is -1.76. The molecule has 1 atom stereocenters. The Labute approximate surface area is 118 Å². The number of esters is 1. The van der Waals surface area contributed by atoms with Crippen molar-refractivity contribution in [2.45, 2.75) is 32.8 Å². The number of anilines is 1. The summed E-state index contributed by atoms with van der Waals surface area (Å²) in [6.45, 7) is 5.56. The summed E-state index contributed by atoms with van der Waals surface area (Å²) in [5.41, 5.74) is 1.88. The summed E-state index contributed by atoms with van der Waals surface area (Å²) in [6, 6.07) is 0. The van der Waals surface area contributed by atoms with Crippen LogP contribution in [0.25, 0.3) is 0 Å². The zero-order valence-corrected chi connectivity index (χ0v) is 12.1. The van der Waals surface area contributed by atoms with E-state index in [2.05, 4.69) is 15.2 Å². The maximum atomic E-state index is 11.5. The van der Waals surface area contributed by atoms with Crippen LogP contribution >= 0.6 is 0 Å². The maximum absolute atomic E-state index is 11.5. The monoisotopic (exact) mass is 280 g/mol. The third-order valence-electron chi connectivity index (χ3n) is 3.31. The highest BCUT2D eigenvalue weighted by Gasteiger charge is 2.29. The van der Waals surface area contributed by atoms with Crippen LogP contribution in [0.5, 0.6) is 0 Å². The van der Waals surface area contributed by atoms with Gasteiger partial charge in [0.05, 0.1) is 31.6 Å². The molecule has 0 amide bonds. The quantitative estimate of drug-likeness (QED) is 0.737. The topological polar surface area (TPSA) is 77.4 Å². The summed E-state index contributed by atoms with van der Waals surface area (Å²) < 4.78 is 10.1. The SMILES string of the molecule is CCc1nnc(N2CCOC(C(=O)OC)C2)nc1CC. The molecule has 1 saturated heterocycles. The fourth-order valence-electron chi connectivity index (χ4n) is 2.17. The summed E-state index contributed by atoms with van der Waals surface area (Å²) in [7, 11) is 1.36. The first-order valence-corrected chi connectivity index (χ1v) is 6.86. The van der Waals surface area contributed by atoms with Gasteiger partial charge >= 0.3 is 5.97 Å². The molecule has 0 spiro atoms. The molecule has 0 radical (unpaired) electrons. The summed E-state index contributed by atoms with van der Waals surface area (Å²) in [5, 5.41) is 8.38. The van der Waals surface area contributed by atoms with Crippen molar-refractivity contribution >= 4 is 11.9 Å². The van der Waals surface area contributed by atoms with Gasteiger partial charge in [-0.05, 0) is 12.8 Å². The second-order valence-electron chi connectivity index (χ2n) is 4.54. The number of methoxy groups -OCH3 is 1. The van der Waals surface area contributed by atoms with Crippen molar-refractivity contribution in [3.63, 3.8) is 0 Å². The van der Waals surface area contributed by atoms with E-state index in [1.165, 1.54) is 7.11 Å². The fraction of sp³-hybridized carbons (Fsp3) is 0.692. The highest BCUT2D eigenvalue weighted by atomic mass is 16.6. The van der Waals surface area contributed by atoms with Gasteiger partial charge in [-0.1, -0.05) is 13.8 Å². The highest BCUT2D eigenvalue weighted by Crippen LogP contribution is 2.15. The van der Waals surface area contributed by atoms with Crippen molar-refractivity contribution in [3.8, 4) is 0 Å². The standard InChI is InChI=1S/C13H20N4O3/c1-4-9-10(5-2)15-16-13(14-9)17-6-7-20-11(8-17)12(18)19-3/h11H,4-8H2,1-3H3. The lowest BCUT2D eigenvalue weighted by atomic mass is 10.2. The first kappa shape index (κ1) is 14.6. The predicted octanol–water partition coefficient (Wildman–Crippen LogP) is 0.375. The number of morpholine rings is 1. The van der Waals surface area contributed by atoms with E-state index in [9.17, 15) is 4.79 Å². The van der Waals surface area contributed by atoms with Gasteiger partial charge in [0.2, 0.25) is 5.95 Å². The smallest absolute Gasteiger partial charge is 0.336 e.